The number of amidine groups is 1. The van der Waals surface area contributed by atoms with Crippen molar-refractivity contribution in [3.8, 4) is 11.4 Å². The Labute approximate surface area is 169 Å². The highest BCUT2D eigenvalue weighted by atomic mass is 127. The Kier molecular flexibility index (Phi) is 4.58. The highest BCUT2D eigenvalue weighted by Gasteiger charge is 2.28. The molecule has 1 aliphatic rings. The molecule has 0 saturated carbocycles. The van der Waals surface area contributed by atoms with E-state index in [2.05, 4.69) is 16.5 Å². The third-order valence-electron chi connectivity index (χ3n) is 4.35. The molecule has 1 unspecified atom stereocenters. The first kappa shape index (κ1) is 17.3. The number of aliphatic imine (C=N–C) groups is 2. The molecule has 0 fully saturated rings. The maximum absolute atomic E-state index is 6.61. The number of rotatable bonds is 2. The van der Waals surface area contributed by atoms with Gasteiger partial charge in [-0.1, -0.05) is 24.6 Å². The highest BCUT2D eigenvalue weighted by Crippen LogP contribution is 2.38. The normalized spacial score (nSPS) is 16.3. The number of aromatic nitrogens is 2. The lowest BCUT2D eigenvalue weighted by Crippen LogP contribution is -2.06. The molecule has 2 N–H and O–H groups in total. The molecule has 26 heavy (non-hydrogen) atoms. The van der Waals surface area contributed by atoms with Crippen molar-refractivity contribution in [3.63, 3.8) is 0 Å². The van der Waals surface area contributed by atoms with E-state index in [1.165, 1.54) is 6.34 Å². The van der Waals surface area contributed by atoms with Crippen molar-refractivity contribution in [1.82, 2.24) is 9.55 Å². The van der Waals surface area contributed by atoms with Crippen LogP contribution in [-0.4, -0.2) is 21.7 Å². The first-order valence-corrected chi connectivity index (χ1v) is 9.36. The predicted octanol–water partition coefficient (Wildman–Crippen LogP) is 4.61. The quantitative estimate of drug-likeness (QED) is 0.331. The second-order valence-corrected chi connectivity index (χ2v) is 6.67. The van der Waals surface area contributed by atoms with Gasteiger partial charge in [-0.3, -0.25) is 9.56 Å². The number of hydrogen-bond acceptors (Lipinski definition) is 4. The number of benzene rings is 2. The summed E-state index contributed by atoms with van der Waals surface area (Å²) in [4.78, 5) is 13.9. The molecule has 2 aromatic carbocycles. The predicted molar refractivity (Wildman–Crippen MR) is 113 cm³/mol. The van der Waals surface area contributed by atoms with Crippen molar-refractivity contribution in [3.05, 3.63) is 52.8 Å². The Balaban J connectivity index is 2.14. The first-order chi connectivity index (χ1) is 12.7. The maximum atomic E-state index is 6.61. The molecule has 0 radical (unpaired) electrons. The third kappa shape index (κ3) is 2.66. The van der Waals surface area contributed by atoms with Crippen LogP contribution in [0.5, 0.6) is 5.75 Å². The molecule has 6 nitrogen and oxygen atoms in total. The van der Waals surface area contributed by atoms with Gasteiger partial charge in [-0.2, -0.15) is 0 Å². The Bertz CT molecular complexity index is 1060. The van der Waals surface area contributed by atoms with Crippen molar-refractivity contribution in [2.75, 3.05) is 0 Å². The van der Waals surface area contributed by atoms with Crippen LogP contribution in [0, 0.1) is 0 Å². The lowest BCUT2D eigenvalue weighted by molar-refractivity contribution is 0.648. The van der Waals surface area contributed by atoms with Crippen LogP contribution in [0.15, 0.2) is 46.4 Å². The van der Waals surface area contributed by atoms with Gasteiger partial charge in [0.05, 0.1) is 28.1 Å². The standard InChI is InChI=1S/C18H15ClIN5O/c1-2-13-18-24-14-7-6-10(26-20)8-15(14)25(18)16-11(4-3-5-12(16)19)17(23-13)22-9-21/h3-9,13H,2H2,1H3,(H2,21,22,23). The average molecular weight is 480 g/mol. The molecule has 0 spiro atoms. The van der Waals surface area contributed by atoms with E-state index in [1.54, 1.807) is 0 Å². The summed E-state index contributed by atoms with van der Waals surface area (Å²) in [7, 11) is 0. The van der Waals surface area contributed by atoms with E-state index in [0.717, 1.165) is 40.3 Å². The van der Waals surface area contributed by atoms with Crippen LogP contribution < -0.4 is 8.80 Å². The molecule has 1 atom stereocenters. The van der Waals surface area contributed by atoms with Crippen LogP contribution in [-0.2, 0) is 0 Å². The molecule has 0 amide bonds. The minimum Gasteiger partial charge on any atom is -0.428 e. The number of halogens is 2. The van der Waals surface area contributed by atoms with Gasteiger partial charge in [0.1, 0.15) is 17.6 Å². The van der Waals surface area contributed by atoms with Crippen molar-refractivity contribution in [2.24, 2.45) is 15.7 Å². The van der Waals surface area contributed by atoms with Gasteiger partial charge in [-0.05, 0) is 30.7 Å². The largest absolute Gasteiger partial charge is 0.428 e. The van der Waals surface area contributed by atoms with Crippen LogP contribution in [0.4, 0.5) is 0 Å². The minimum atomic E-state index is -0.159. The number of imidazole rings is 1. The Morgan fingerprint density at radius 2 is 2.23 bits per heavy atom. The second-order valence-electron chi connectivity index (χ2n) is 5.82. The molecule has 1 aliphatic heterocycles. The van der Waals surface area contributed by atoms with E-state index >= 15 is 0 Å². The average Bonchev–Trinajstić information content (AvgIpc) is 2.96. The number of fused-ring (bicyclic) bond motifs is 5. The highest BCUT2D eigenvalue weighted by molar-refractivity contribution is 14.1. The SMILES string of the molecule is CCC1N=C(N=CN)c2cccc(Cl)c2-n2c1nc1ccc(OI)cc12. The first-order valence-electron chi connectivity index (χ1n) is 8.10. The van der Waals surface area contributed by atoms with Crippen molar-refractivity contribution >= 4 is 57.8 Å². The van der Waals surface area contributed by atoms with Crippen LogP contribution in [0.25, 0.3) is 16.7 Å². The van der Waals surface area contributed by atoms with Crippen molar-refractivity contribution in [2.45, 2.75) is 19.4 Å². The Morgan fingerprint density at radius 1 is 1.38 bits per heavy atom. The molecule has 3 aromatic rings. The van der Waals surface area contributed by atoms with Gasteiger partial charge >= 0.3 is 0 Å². The Morgan fingerprint density at radius 3 is 2.96 bits per heavy atom. The smallest absolute Gasteiger partial charge is 0.192 e. The van der Waals surface area contributed by atoms with Gasteiger partial charge in [0, 0.05) is 11.6 Å². The molecular weight excluding hydrogens is 465 g/mol. The van der Waals surface area contributed by atoms with E-state index in [0.29, 0.717) is 10.9 Å². The number of para-hydroxylation sites is 1. The number of hydrogen-bond donors (Lipinski definition) is 1. The van der Waals surface area contributed by atoms with Gasteiger partial charge in [0.15, 0.2) is 28.8 Å². The molecule has 0 aliphatic carbocycles. The van der Waals surface area contributed by atoms with Crippen molar-refractivity contribution in [1.29, 1.82) is 0 Å². The molecule has 1 aromatic heterocycles. The fraction of sp³-hybridized carbons (Fsp3) is 0.167. The topological polar surface area (TPSA) is 77.8 Å². The van der Waals surface area contributed by atoms with Gasteiger partial charge < -0.3 is 8.80 Å². The lowest BCUT2D eigenvalue weighted by Gasteiger charge is -2.14. The zero-order valence-electron chi connectivity index (χ0n) is 13.9. The summed E-state index contributed by atoms with van der Waals surface area (Å²) in [5, 5.41) is 0.598. The minimum absolute atomic E-state index is 0.159. The lowest BCUT2D eigenvalue weighted by atomic mass is 10.1. The molecule has 0 saturated heterocycles. The summed E-state index contributed by atoms with van der Waals surface area (Å²) >= 11 is 8.48. The molecule has 4 rings (SSSR count). The van der Waals surface area contributed by atoms with Crippen LogP contribution >= 0.6 is 34.6 Å². The molecular formula is C18H15ClIN5O. The van der Waals surface area contributed by atoms with Gasteiger partial charge in [0.2, 0.25) is 0 Å². The summed E-state index contributed by atoms with van der Waals surface area (Å²) in [6, 6.07) is 11.3. The number of nitrogens with zero attached hydrogens (tertiary/aromatic N) is 4. The molecule has 132 valence electrons. The fourth-order valence-electron chi connectivity index (χ4n) is 3.23. The van der Waals surface area contributed by atoms with E-state index in [-0.39, 0.29) is 6.04 Å². The van der Waals surface area contributed by atoms with Gasteiger partial charge in [0.25, 0.3) is 0 Å². The monoisotopic (exact) mass is 479 g/mol. The van der Waals surface area contributed by atoms with Crippen LogP contribution in [0.3, 0.4) is 0 Å². The van der Waals surface area contributed by atoms with Gasteiger partial charge in [-0.15, -0.1) is 0 Å². The van der Waals surface area contributed by atoms with E-state index in [9.17, 15) is 0 Å². The van der Waals surface area contributed by atoms with Crippen LogP contribution in [0.2, 0.25) is 5.02 Å². The second kappa shape index (κ2) is 6.88. The maximum Gasteiger partial charge on any atom is 0.192 e. The summed E-state index contributed by atoms with van der Waals surface area (Å²) in [6.07, 6.45) is 2.03. The van der Waals surface area contributed by atoms with E-state index < -0.39 is 0 Å². The summed E-state index contributed by atoms with van der Waals surface area (Å²) < 4.78 is 7.43. The van der Waals surface area contributed by atoms with Gasteiger partial charge in [-0.25, -0.2) is 9.98 Å². The number of nitrogens with two attached hydrogens (primary N) is 1. The van der Waals surface area contributed by atoms with E-state index in [1.807, 2.05) is 59.4 Å². The van der Waals surface area contributed by atoms with E-state index in [4.69, 9.17) is 30.4 Å². The fourth-order valence-corrected chi connectivity index (χ4v) is 3.76. The van der Waals surface area contributed by atoms with Crippen molar-refractivity contribution < 1.29 is 3.07 Å². The summed E-state index contributed by atoms with van der Waals surface area (Å²) in [5.41, 5.74) is 8.95. The zero-order valence-corrected chi connectivity index (χ0v) is 16.8. The molecule has 0 bridgehead atoms. The third-order valence-corrected chi connectivity index (χ3v) is 5.17. The molecule has 8 heteroatoms. The van der Waals surface area contributed by atoms with Crippen LogP contribution in [0.1, 0.15) is 30.8 Å². The summed E-state index contributed by atoms with van der Waals surface area (Å²) in [6.45, 7) is 2.07. The zero-order chi connectivity index (χ0) is 18.3. The molecule has 2 heterocycles. The summed E-state index contributed by atoms with van der Waals surface area (Å²) in [5.74, 6) is 2.12. The Hall–Kier alpha value is -2.13.